The predicted octanol–water partition coefficient (Wildman–Crippen LogP) is 2.77. The van der Waals surface area contributed by atoms with Crippen LogP contribution in [0.4, 0.5) is 0 Å². The van der Waals surface area contributed by atoms with Crippen molar-refractivity contribution in [1.82, 2.24) is 0 Å². The SMILES string of the molecule is CC(=O)Oc1c([C@H]2C[C@@H](O)[C@H](OC(C)=O)[C@@H](C)O2)ccc2c1C(=O)c1ccc3c(c1C2=O)CC[C@](C)(O)C3. The molecule has 2 aliphatic carbocycles. The summed E-state index contributed by atoms with van der Waals surface area (Å²) < 4.78 is 16.8. The van der Waals surface area contributed by atoms with E-state index in [1.807, 2.05) is 0 Å². The lowest BCUT2D eigenvalue weighted by Crippen LogP contribution is -2.46. The first kappa shape index (κ1) is 26.2. The van der Waals surface area contributed by atoms with E-state index in [0.29, 0.717) is 30.4 Å². The molecule has 1 aliphatic heterocycles. The van der Waals surface area contributed by atoms with Crippen LogP contribution in [0, 0.1) is 0 Å². The maximum absolute atomic E-state index is 13.9. The van der Waals surface area contributed by atoms with Gasteiger partial charge in [-0.3, -0.25) is 19.2 Å². The summed E-state index contributed by atoms with van der Waals surface area (Å²) in [5.41, 5.74) is 1.71. The highest BCUT2D eigenvalue weighted by Crippen LogP contribution is 2.44. The van der Waals surface area contributed by atoms with Gasteiger partial charge in [0.2, 0.25) is 0 Å². The van der Waals surface area contributed by atoms with Gasteiger partial charge in [0, 0.05) is 48.9 Å². The Morgan fingerprint density at radius 1 is 1.03 bits per heavy atom. The van der Waals surface area contributed by atoms with E-state index in [0.717, 1.165) is 11.1 Å². The Hall–Kier alpha value is -3.40. The van der Waals surface area contributed by atoms with Crippen LogP contribution >= 0.6 is 0 Å². The maximum Gasteiger partial charge on any atom is 0.308 e. The van der Waals surface area contributed by atoms with E-state index in [4.69, 9.17) is 14.2 Å². The molecule has 0 aromatic heterocycles. The second-order valence-electron chi connectivity index (χ2n) is 10.7. The average molecular weight is 523 g/mol. The lowest BCUT2D eigenvalue weighted by atomic mass is 9.73. The number of ether oxygens (including phenoxy) is 3. The molecule has 9 nitrogen and oxygen atoms in total. The van der Waals surface area contributed by atoms with Crippen molar-refractivity contribution in [2.75, 3.05) is 0 Å². The Morgan fingerprint density at radius 2 is 1.68 bits per heavy atom. The van der Waals surface area contributed by atoms with Crippen molar-refractivity contribution in [3.05, 3.63) is 63.2 Å². The topological polar surface area (TPSA) is 136 Å². The van der Waals surface area contributed by atoms with Crippen LogP contribution in [0.1, 0.15) is 95.2 Å². The van der Waals surface area contributed by atoms with Gasteiger partial charge in [0.1, 0.15) is 5.75 Å². The van der Waals surface area contributed by atoms with E-state index < -0.39 is 47.7 Å². The molecule has 0 saturated carbocycles. The number of esters is 2. The summed E-state index contributed by atoms with van der Waals surface area (Å²) in [6.07, 6.45) is -2.08. The Kier molecular flexibility index (Phi) is 6.49. The first-order valence-corrected chi connectivity index (χ1v) is 12.7. The van der Waals surface area contributed by atoms with Gasteiger partial charge in [0.15, 0.2) is 17.7 Å². The minimum atomic E-state index is -1.06. The molecule has 1 fully saturated rings. The molecule has 5 atom stereocenters. The Labute approximate surface area is 219 Å². The van der Waals surface area contributed by atoms with Crippen molar-refractivity contribution < 1.29 is 43.6 Å². The molecule has 3 aliphatic rings. The van der Waals surface area contributed by atoms with Crippen molar-refractivity contribution in [3.63, 3.8) is 0 Å². The number of hydrogen-bond acceptors (Lipinski definition) is 9. The second-order valence-corrected chi connectivity index (χ2v) is 10.7. The summed E-state index contributed by atoms with van der Waals surface area (Å²) in [5, 5.41) is 21.2. The average Bonchev–Trinajstić information content (AvgIpc) is 2.82. The number of benzene rings is 2. The van der Waals surface area contributed by atoms with Gasteiger partial charge in [-0.1, -0.05) is 12.1 Å². The van der Waals surface area contributed by atoms with E-state index in [-0.39, 0.29) is 34.6 Å². The van der Waals surface area contributed by atoms with Crippen LogP contribution in [0.3, 0.4) is 0 Å². The molecule has 1 heterocycles. The summed E-state index contributed by atoms with van der Waals surface area (Å²) in [4.78, 5) is 51.2. The minimum Gasteiger partial charge on any atom is -0.457 e. The first-order chi connectivity index (χ1) is 17.9. The Morgan fingerprint density at radius 3 is 2.34 bits per heavy atom. The summed E-state index contributed by atoms with van der Waals surface area (Å²) in [6, 6.07) is 6.46. The van der Waals surface area contributed by atoms with Gasteiger partial charge in [0.05, 0.1) is 29.5 Å². The molecule has 2 aromatic carbocycles. The van der Waals surface area contributed by atoms with Gasteiger partial charge in [-0.2, -0.15) is 0 Å². The molecule has 38 heavy (non-hydrogen) atoms. The van der Waals surface area contributed by atoms with Crippen LogP contribution < -0.4 is 4.74 Å². The normalized spacial score (nSPS) is 28.2. The van der Waals surface area contributed by atoms with E-state index in [9.17, 15) is 29.4 Å². The molecule has 200 valence electrons. The fourth-order valence-electron chi connectivity index (χ4n) is 5.90. The maximum atomic E-state index is 13.9. The fraction of sp³-hybridized carbons (Fsp3) is 0.448. The highest BCUT2D eigenvalue weighted by Gasteiger charge is 2.43. The molecule has 2 aromatic rings. The quantitative estimate of drug-likeness (QED) is 0.393. The summed E-state index contributed by atoms with van der Waals surface area (Å²) >= 11 is 0. The highest BCUT2D eigenvalue weighted by atomic mass is 16.6. The highest BCUT2D eigenvalue weighted by molar-refractivity contribution is 6.30. The molecule has 0 bridgehead atoms. The van der Waals surface area contributed by atoms with Gasteiger partial charge in [-0.25, -0.2) is 0 Å². The van der Waals surface area contributed by atoms with Crippen LogP contribution in [-0.2, 0) is 31.9 Å². The third-order valence-electron chi connectivity index (χ3n) is 7.60. The van der Waals surface area contributed by atoms with E-state index in [1.165, 1.54) is 19.9 Å². The number of ketones is 2. The monoisotopic (exact) mass is 522 g/mol. The predicted molar refractivity (Wildman–Crippen MR) is 133 cm³/mol. The van der Waals surface area contributed by atoms with E-state index in [2.05, 4.69) is 0 Å². The standard InChI is InChI=1S/C29H30O9/c1-13-27(37-14(2)30)21(32)11-22(36-13)18-7-8-20-24(28(18)38-15(3)31)26(34)19-6-5-16-12-29(4,35)10-9-17(16)23(19)25(20)33/h5-8,13,21-22,27,32,35H,9-12H2,1-4H3/t13-,21-,22-,27-,29+/m1/s1. The van der Waals surface area contributed by atoms with Crippen molar-refractivity contribution in [3.8, 4) is 5.75 Å². The molecule has 1 saturated heterocycles. The number of rotatable bonds is 3. The van der Waals surface area contributed by atoms with Crippen molar-refractivity contribution in [2.45, 2.75) is 83.4 Å². The Balaban J connectivity index is 1.59. The lowest BCUT2D eigenvalue weighted by Gasteiger charge is -2.38. The lowest BCUT2D eigenvalue weighted by molar-refractivity contribution is -0.193. The van der Waals surface area contributed by atoms with Gasteiger partial charge in [0.25, 0.3) is 0 Å². The molecule has 0 spiro atoms. The third-order valence-corrected chi connectivity index (χ3v) is 7.60. The van der Waals surface area contributed by atoms with Crippen LogP contribution in [0.15, 0.2) is 24.3 Å². The summed E-state index contributed by atoms with van der Waals surface area (Å²) in [7, 11) is 0. The molecule has 5 rings (SSSR count). The summed E-state index contributed by atoms with van der Waals surface area (Å²) in [6.45, 7) is 5.85. The number of hydrogen-bond donors (Lipinski definition) is 2. The van der Waals surface area contributed by atoms with Crippen molar-refractivity contribution in [1.29, 1.82) is 0 Å². The zero-order valence-electron chi connectivity index (χ0n) is 21.7. The van der Waals surface area contributed by atoms with Crippen LogP contribution in [0.5, 0.6) is 5.75 Å². The second kappa shape index (κ2) is 9.41. The van der Waals surface area contributed by atoms with Crippen molar-refractivity contribution in [2.24, 2.45) is 0 Å². The summed E-state index contributed by atoms with van der Waals surface area (Å²) in [5.74, 6) is -2.10. The van der Waals surface area contributed by atoms with Gasteiger partial charge in [-0.15, -0.1) is 0 Å². The minimum absolute atomic E-state index is 0.0154. The molecular formula is C29H30O9. The molecule has 0 radical (unpaired) electrons. The van der Waals surface area contributed by atoms with Crippen LogP contribution in [-0.4, -0.2) is 57.6 Å². The van der Waals surface area contributed by atoms with E-state index >= 15 is 0 Å². The molecule has 0 unspecified atom stereocenters. The fourth-order valence-corrected chi connectivity index (χ4v) is 5.90. The smallest absolute Gasteiger partial charge is 0.308 e. The van der Waals surface area contributed by atoms with Gasteiger partial charge >= 0.3 is 11.9 Å². The zero-order valence-corrected chi connectivity index (χ0v) is 21.7. The molecule has 9 heteroatoms. The van der Waals surface area contributed by atoms with Gasteiger partial charge < -0.3 is 24.4 Å². The van der Waals surface area contributed by atoms with Gasteiger partial charge in [-0.05, 0) is 49.9 Å². The van der Waals surface area contributed by atoms with Crippen LogP contribution in [0.2, 0.25) is 0 Å². The third kappa shape index (κ3) is 4.44. The van der Waals surface area contributed by atoms with E-state index in [1.54, 1.807) is 32.0 Å². The molecular weight excluding hydrogens is 492 g/mol. The zero-order chi connectivity index (χ0) is 27.5. The van der Waals surface area contributed by atoms with Crippen molar-refractivity contribution >= 4 is 23.5 Å². The Bertz CT molecular complexity index is 1360. The first-order valence-electron chi connectivity index (χ1n) is 12.7. The molecule has 2 N–H and O–H groups in total. The molecule has 0 amide bonds. The number of carbonyl (C=O) groups excluding carboxylic acids is 4. The van der Waals surface area contributed by atoms with Crippen LogP contribution in [0.25, 0.3) is 0 Å². The number of aliphatic hydroxyl groups excluding tert-OH is 1. The largest absolute Gasteiger partial charge is 0.457 e. The number of aliphatic hydroxyl groups is 2. The number of carbonyl (C=O) groups is 4. The number of fused-ring (bicyclic) bond motifs is 4.